The molecule has 4 nitrogen and oxygen atoms in total. The Kier molecular flexibility index (Phi) is 5.83. The first kappa shape index (κ1) is 17.5. The summed E-state index contributed by atoms with van der Waals surface area (Å²) >= 11 is 6.36. The predicted molar refractivity (Wildman–Crippen MR) is 98.9 cm³/mol. The second-order valence-corrected chi connectivity index (χ2v) is 6.80. The number of nitrogens with zero attached hydrogens (tertiary/aromatic N) is 2. The van der Waals surface area contributed by atoms with E-state index in [-0.39, 0.29) is 0 Å². The fourth-order valence-electron chi connectivity index (χ4n) is 2.39. The van der Waals surface area contributed by atoms with Gasteiger partial charge in [-0.3, -0.25) is 0 Å². The molecule has 2 rings (SSSR count). The maximum Gasteiger partial charge on any atom is 0.224 e. The molecular weight excluding hydrogens is 308 g/mol. The van der Waals surface area contributed by atoms with Crippen LogP contribution in [0.3, 0.4) is 0 Å². The van der Waals surface area contributed by atoms with E-state index >= 15 is 0 Å². The zero-order chi connectivity index (χ0) is 17.0. The Balaban J connectivity index is 2.19. The molecule has 0 fully saturated rings. The number of aryl methyl sites for hydroxylation is 3. The normalized spacial score (nSPS) is 10.9. The van der Waals surface area contributed by atoms with Gasteiger partial charge in [-0.1, -0.05) is 31.5 Å². The zero-order valence-electron chi connectivity index (χ0n) is 14.5. The summed E-state index contributed by atoms with van der Waals surface area (Å²) in [5.74, 6) is 2.05. The van der Waals surface area contributed by atoms with Crippen LogP contribution in [0.4, 0.5) is 17.5 Å². The van der Waals surface area contributed by atoms with Crippen LogP contribution in [0.5, 0.6) is 0 Å². The minimum atomic E-state index is 0.647. The summed E-state index contributed by atoms with van der Waals surface area (Å²) in [6.45, 7) is 11.3. The number of nitrogens with one attached hydrogen (secondary N) is 2. The second-order valence-electron chi connectivity index (χ2n) is 6.39. The highest BCUT2D eigenvalue weighted by atomic mass is 35.5. The van der Waals surface area contributed by atoms with Crippen LogP contribution in [0.25, 0.3) is 0 Å². The summed E-state index contributed by atoms with van der Waals surface area (Å²) in [5, 5.41) is 7.31. The molecule has 2 aromatic rings. The quantitative estimate of drug-likeness (QED) is 0.757. The molecule has 0 saturated carbocycles. The Morgan fingerprint density at radius 1 is 1.09 bits per heavy atom. The van der Waals surface area contributed by atoms with Crippen molar-refractivity contribution >= 4 is 29.1 Å². The lowest BCUT2D eigenvalue weighted by Crippen LogP contribution is -2.09. The molecule has 2 N–H and O–H groups in total. The maximum atomic E-state index is 6.36. The molecule has 0 unspecified atom stereocenters. The average molecular weight is 333 g/mol. The third kappa shape index (κ3) is 5.10. The van der Waals surface area contributed by atoms with Crippen molar-refractivity contribution in [2.24, 2.45) is 5.92 Å². The van der Waals surface area contributed by atoms with E-state index < -0.39 is 0 Å². The Hall–Kier alpha value is -1.81. The highest BCUT2D eigenvalue weighted by molar-refractivity contribution is 6.33. The van der Waals surface area contributed by atoms with E-state index in [4.69, 9.17) is 11.6 Å². The fraction of sp³-hybridized carbons (Fsp3) is 0.444. The van der Waals surface area contributed by atoms with Gasteiger partial charge in [-0.25, -0.2) is 4.98 Å². The monoisotopic (exact) mass is 332 g/mol. The molecule has 0 aliphatic rings. The first-order chi connectivity index (χ1) is 10.8. The van der Waals surface area contributed by atoms with Crippen LogP contribution < -0.4 is 10.6 Å². The van der Waals surface area contributed by atoms with Crippen molar-refractivity contribution in [2.45, 2.75) is 41.0 Å². The number of hydrogen-bond acceptors (Lipinski definition) is 4. The number of benzene rings is 1. The van der Waals surface area contributed by atoms with Crippen molar-refractivity contribution in [3.63, 3.8) is 0 Å². The van der Waals surface area contributed by atoms with Crippen LogP contribution in [0.1, 0.15) is 37.1 Å². The van der Waals surface area contributed by atoms with Gasteiger partial charge < -0.3 is 10.6 Å². The van der Waals surface area contributed by atoms with Gasteiger partial charge in [0.05, 0.1) is 10.7 Å². The highest BCUT2D eigenvalue weighted by Crippen LogP contribution is 2.30. The summed E-state index contributed by atoms with van der Waals surface area (Å²) in [4.78, 5) is 8.97. The molecule has 0 amide bonds. The lowest BCUT2D eigenvalue weighted by Gasteiger charge is -2.14. The SMILES string of the molecule is Cc1cc(C)c(Nc2cc(C)nc(NCCC(C)C)n2)c(Cl)c1. The lowest BCUT2D eigenvalue weighted by atomic mass is 10.1. The second kappa shape index (κ2) is 7.64. The van der Waals surface area contributed by atoms with Gasteiger partial charge in [0.25, 0.3) is 0 Å². The van der Waals surface area contributed by atoms with Crippen LogP contribution in [0.15, 0.2) is 18.2 Å². The van der Waals surface area contributed by atoms with Gasteiger partial charge in [0, 0.05) is 18.3 Å². The molecule has 23 heavy (non-hydrogen) atoms. The molecule has 0 aliphatic carbocycles. The van der Waals surface area contributed by atoms with Gasteiger partial charge >= 0.3 is 0 Å². The van der Waals surface area contributed by atoms with Crippen LogP contribution in [-0.4, -0.2) is 16.5 Å². The smallest absolute Gasteiger partial charge is 0.224 e. The summed E-state index contributed by atoms with van der Waals surface area (Å²) in [6, 6.07) is 5.97. The van der Waals surface area contributed by atoms with Gasteiger partial charge in [-0.2, -0.15) is 4.98 Å². The maximum absolute atomic E-state index is 6.36. The average Bonchev–Trinajstić information content (AvgIpc) is 2.42. The van der Waals surface area contributed by atoms with Crippen molar-refractivity contribution in [2.75, 3.05) is 17.2 Å². The Morgan fingerprint density at radius 3 is 2.48 bits per heavy atom. The van der Waals surface area contributed by atoms with Crippen LogP contribution in [-0.2, 0) is 0 Å². The molecule has 0 atom stereocenters. The summed E-state index contributed by atoms with van der Waals surface area (Å²) in [7, 11) is 0. The van der Waals surface area contributed by atoms with Crippen molar-refractivity contribution in [1.29, 1.82) is 0 Å². The Morgan fingerprint density at radius 2 is 1.83 bits per heavy atom. The van der Waals surface area contributed by atoms with Crippen molar-refractivity contribution in [3.8, 4) is 0 Å². The van der Waals surface area contributed by atoms with E-state index in [1.165, 1.54) is 0 Å². The van der Waals surface area contributed by atoms with E-state index in [0.717, 1.165) is 41.3 Å². The van der Waals surface area contributed by atoms with Gasteiger partial charge in [0.15, 0.2) is 0 Å². The molecule has 0 saturated heterocycles. The zero-order valence-corrected chi connectivity index (χ0v) is 15.3. The molecule has 124 valence electrons. The van der Waals surface area contributed by atoms with E-state index in [1.54, 1.807) is 0 Å². The lowest BCUT2D eigenvalue weighted by molar-refractivity contribution is 0.606. The topological polar surface area (TPSA) is 49.8 Å². The van der Waals surface area contributed by atoms with Crippen molar-refractivity contribution < 1.29 is 0 Å². The third-order valence-electron chi connectivity index (χ3n) is 3.54. The van der Waals surface area contributed by atoms with E-state index in [1.807, 2.05) is 32.9 Å². The number of anilines is 3. The summed E-state index contributed by atoms with van der Waals surface area (Å²) in [6.07, 6.45) is 1.09. The molecule has 1 aromatic heterocycles. The van der Waals surface area contributed by atoms with Crippen LogP contribution in [0, 0.1) is 26.7 Å². The molecule has 5 heteroatoms. The van der Waals surface area contributed by atoms with E-state index in [2.05, 4.69) is 40.5 Å². The summed E-state index contributed by atoms with van der Waals surface area (Å²) in [5.41, 5.74) is 4.05. The van der Waals surface area contributed by atoms with Gasteiger partial charge in [-0.05, 0) is 50.3 Å². The number of halogens is 1. The molecule has 1 heterocycles. The van der Waals surface area contributed by atoms with E-state index in [0.29, 0.717) is 16.9 Å². The van der Waals surface area contributed by atoms with Gasteiger partial charge in [0.2, 0.25) is 5.95 Å². The minimum absolute atomic E-state index is 0.647. The Bertz CT molecular complexity index is 660. The van der Waals surface area contributed by atoms with Gasteiger partial charge in [0.1, 0.15) is 5.82 Å². The summed E-state index contributed by atoms with van der Waals surface area (Å²) < 4.78 is 0. The van der Waals surface area contributed by atoms with Crippen molar-refractivity contribution in [3.05, 3.63) is 40.0 Å². The predicted octanol–water partition coefficient (Wildman–Crippen LogP) is 5.26. The Labute approximate surface area is 143 Å². The minimum Gasteiger partial charge on any atom is -0.354 e. The van der Waals surface area contributed by atoms with Crippen LogP contribution in [0.2, 0.25) is 5.02 Å². The molecule has 0 bridgehead atoms. The number of hydrogen-bond donors (Lipinski definition) is 2. The standard InChI is InChI=1S/C18H25ClN4/c1-11(2)6-7-20-18-21-14(5)10-16(23-18)22-17-13(4)8-12(3)9-15(17)19/h8-11H,6-7H2,1-5H3,(H2,20,21,22,23). The molecule has 0 aliphatic heterocycles. The van der Waals surface area contributed by atoms with Crippen molar-refractivity contribution in [1.82, 2.24) is 9.97 Å². The van der Waals surface area contributed by atoms with E-state index in [9.17, 15) is 0 Å². The third-order valence-corrected chi connectivity index (χ3v) is 3.84. The fourth-order valence-corrected chi connectivity index (χ4v) is 2.75. The largest absolute Gasteiger partial charge is 0.354 e. The highest BCUT2D eigenvalue weighted by Gasteiger charge is 2.08. The first-order valence-corrected chi connectivity index (χ1v) is 8.36. The molecule has 0 radical (unpaired) electrons. The first-order valence-electron chi connectivity index (χ1n) is 7.98. The molecule has 1 aromatic carbocycles. The molecular formula is C18H25ClN4. The van der Waals surface area contributed by atoms with Crippen LogP contribution >= 0.6 is 11.6 Å². The number of rotatable bonds is 6. The number of aromatic nitrogens is 2. The molecule has 0 spiro atoms. The van der Waals surface area contributed by atoms with Gasteiger partial charge in [-0.15, -0.1) is 0 Å².